The molecule has 2 heterocycles. The van der Waals surface area contributed by atoms with Crippen LogP contribution in [0.1, 0.15) is 34.6 Å². The molecule has 0 saturated heterocycles. The fourth-order valence-electron chi connectivity index (χ4n) is 11.0. The van der Waals surface area contributed by atoms with Crippen molar-refractivity contribution < 1.29 is 4.74 Å². The Bertz CT molecular complexity index is 3390. The van der Waals surface area contributed by atoms with Gasteiger partial charge < -0.3 is 4.74 Å². The maximum Gasteiger partial charge on any atom is 0.135 e. The van der Waals surface area contributed by atoms with Crippen LogP contribution in [0, 0.1) is 5.92 Å². The average molecular weight is 783 g/mol. The maximum atomic E-state index is 7.11. The Hall–Kier alpha value is -7.00. The van der Waals surface area contributed by atoms with Gasteiger partial charge in [0.2, 0.25) is 0 Å². The van der Waals surface area contributed by atoms with Crippen molar-refractivity contribution in [3.8, 4) is 28.0 Å². The molecule has 3 unspecified atom stereocenters. The third-order valence-electron chi connectivity index (χ3n) is 13.4. The van der Waals surface area contributed by atoms with Crippen LogP contribution in [0.2, 0.25) is 0 Å². The predicted octanol–water partition coefficient (Wildman–Crippen LogP) is 15.5. The highest BCUT2D eigenvalue weighted by atomic mass is 32.1. The van der Waals surface area contributed by atoms with Gasteiger partial charge in [0.1, 0.15) is 11.9 Å². The van der Waals surface area contributed by atoms with E-state index in [4.69, 9.17) is 4.74 Å². The molecule has 0 spiro atoms. The zero-order chi connectivity index (χ0) is 39.3. The van der Waals surface area contributed by atoms with E-state index in [2.05, 4.69) is 200 Å². The monoisotopic (exact) mass is 782 g/mol. The van der Waals surface area contributed by atoms with Gasteiger partial charge in [-0.05, 0) is 84.3 Å². The number of ether oxygens (including phenoxy) is 1. The number of hydrogen-bond acceptors (Lipinski definition) is 2. The number of benzene rings is 8. The standard InChI is InChI=1S/C58H38OS/c1-2-16-35(17-3-1)53-37-18-4-10-24-43(37)56(44-25-11-5-19-38(44)53)48-29-14-27-45-49-34-36(32-33-50(49)59-58(45)48)54-39-20-6-8-22-41(39)55(42-23-9-7-21-40(42)54)47-28-15-31-52-57(47)46-26-12-13-30-51(46)60-52/h1-32,34,41,50,55H,33H2. The molecule has 282 valence electrons. The van der Waals surface area contributed by atoms with Gasteiger partial charge in [-0.15, -0.1) is 11.3 Å². The highest BCUT2D eigenvalue weighted by molar-refractivity contribution is 7.25. The summed E-state index contributed by atoms with van der Waals surface area (Å²) in [7, 11) is 0. The van der Waals surface area contributed by atoms with Crippen molar-refractivity contribution in [1.82, 2.24) is 0 Å². The highest BCUT2D eigenvalue weighted by Gasteiger charge is 2.39. The molecular formula is C58H38OS. The first-order valence-corrected chi connectivity index (χ1v) is 21.9. The molecule has 0 radical (unpaired) electrons. The summed E-state index contributed by atoms with van der Waals surface area (Å²) in [6.07, 6.45) is 15.0. The van der Waals surface area contributed by atoms with Crippen molar-refractivity contribution in [1.29, 1.82) is 0 Å². The van der Waals surface area contributed by atoms with Gasteiger partial charge in [-0.3, -0.25) is 0 Å². The van der Waals surface area contributed by atoms with Gasteiger partial charge in [0, 0.05) is 60.7 Å². The van der Waals surface area contributed by atoms with Gasteiger partial charge in [-0.1, -0.05) is 182 Å². The lowest BCUT2D eigenvalue weighted by Crippen LogP contribution is -2.23. The number of para-hydroxylation sites is 1. The molecular weight excluding hydrogens is 745 g/mol. The Morgan fingerprint density at radius 1 is 0.517 bits per heavy atom. The summed E-state index contributed by atoms with van der Waals surface area (Å²) >= 11 is 1.90. The van der Waals surface area contributed by atoms with Gasteiger partial charge in [-0.25, -0.2) is 0 Å². The summed E-state index contributed by atoms with van der Waals surface area (Å²) in [6, 6.07) is 60.5. The summed E-state index contributed by atoms with van der Waals surface area (Å²) in [5.74, 6) is 1.39. The van der Waals surface area contributed by atoms with E-state index in [1.165, 1.54) is 103 Å². The minimum atomic E-state index is -0.0368. The summed E-state index contributed by atoms with van der Waals surface area (Å²) in [5, 5.41) is 7.74. The van der Waals surface area contributed by atoms with E-state index in [9.17, 15) is 0 Å². The smallest absolute Gasteiger partial charge is 0.135 e. The average Bonchev–Trinajstić information content (AvgIpc) is 3.89. The third-order valence-corrected chi connectivity index (χ3v) is 14.5. The van der Waals surface area contributed by atoms with Crippen LogP contribution >= 0.6 is 11.3 Å². The molecule has 4 aliphatic rings. The fraction of sp³-hybridized carbons (Fsp3) is 0.0690. The van der Waals surface area contributed by atoms with Crippen molar-refractivity contribution >= 4 is 64.2 Å². The summed E-state index contributed by atoms with van der Waals surface area (Å²) in [5.41, 5.74) is 15.5. The van der Waals surface area contributed by atoms with Crippen molar-refractivity contribution in [3.63, 3.8) is 0 Å². The zero-order valence-electron chi connectivity index (χ0n) is 32.8. The van der Waals surface area contributed by atoms with E-state index in [-0.39, 0.29) is 17.9 Å². The van der Waals surface area contributed by atoms with Crippen LogP contribution in [-0.4, -0.2) is 6.10 Å². The number of rotatable bonds is 4. The summed E-state index contributed by atoms with van der Waals surface area (Å²) in [6.45, 7) is 0. The molecule has 3 atom stereocenters. The minimum absolute atomic E-state index is 0.0368. The van der Waals surface area contributed by atoms with E-state index in [0.717, 1.165) is 17.7 Å². The molecule has 2 heteroatoms. The molecule has 60 heavy (non-hydrogen) atoms. The van der Waals surface area contributed by atoms with Gasteiger partial charge in [0.15, 0.2) is 0 Å². The Labute approximate surface area is 353 Å². The first kappa shape index (κ1) is 33.9. The molecule has 9 aromatic rings. The molecule has 3 aliphatic carbocycles. The minimum Gasteiger partial charge on any atom is -0.484 e. The lowest BCUT2D eigenvalue weighted by Gasteiger charge is -2.38. The Morgan fingerprint density at radius 2 is 1.15 bits per heavy atom. The van der Waals surface area contributed by atoms with Crippen molar-refractivity contribution in [3.05, 3.63) is 234 Å². The molecule has 8 aromatic carbocycles. The Morgan fingerprint density at radius 3 is 1.97 bits per heavy atom. The molecule has 1 aromatic heterocycles. The summed E-state index contributed by atoms with van der Waals surface area (Å²) in [4.78, 5) is 0. The van der Waals surface area contributed by atoms with Crippen molar-refractivity contribution in [2.75, 3.05) is 0 Å². The van der Waals surface area contributed by atoms with E-state index in [1.807, 2.05) is 11.3 Å². The van der Waals surface area contributed by atoms with Crippen molar-refractivity contribution in [2.24, 2.45) is 5.92 Å². The zero-order valence-corrected chi connectivity index (χ0v) is 33.6. The van der Waals surface area contributed by atoms with Crippen LogP contribution in [0.5, 0.6) is 5.75 Å². The lowest BCUT2D eigenvalue weighted by atomic mass is 9.65. The predicted molar refractivity (Wildman–Crippen MR) is 254 cm³/mol. The topological polar surface area (TPSA) is 9.23 Å². The normalized spacial score (nSPS) is 18.9. The SMILES string of the molecule is C1=CC2=C(C3=CCC4Oc5c(cccc5-c5c6ccccc6c(-c6ccccc6)c6ccccc56)C4=C3)c3ccccc3C(c3cccc4sc5ccccc5c34)C2C=C1. The second kappa shape index (κ2) is 13.3. The molecule has 0 bridgehead atoms. The maximum absolute atomic E-state index is 7.11. The van der Waals surface area contributed by atoms with E-state index in [1.54, 1.807) is 0 Å². The Balaban J connectivity index is 0.972. The molecule has 0 saturated carbocycles. The Kier molecular flexibility index (Phi) is 7.50. The number of hydrogen-bond donors (Lipinski definition) is 0. The van der Waals surface area contributed by atoms with Crippen LogP contribution in [0.4, 0.5) is 0 Å². The number of allylic oxidation sites excluding steroid dienone is 8. The lowest BCUT2D eigenvalue weighted by molar-refractivity contribution is 0.279. The van der Waals surface area contributed by atoms with E-state index < -0.39 is 0 Å². The van der Waals surface area contributed by atoms with Crippen LogP contribution in [0.15, 0.2) is 211 Å². The highest BCUT2D eigenvalue weighted by Crippen LogP contribution is 2.56. The van der Waals surface area contributed by atoms with E-state index in [0.29, 0.717) is 0 Å². The van der Waals surface area contributed by atoms with Crippen LogP contribution in [-0.2, 0) is 0 Å². The first-order valence-electron chi connectivity index (χ1n) is 21.1. The quantitative estimate of drug-likeness (QED) is 0.162. The second-order valence-corrected chi connectivity index (χ2v) is 17.6. The molecule has 1 aliphatic heterocycles. The van der Waals surface area contributed by atoms with Crippen molar-refractivity contribution in [2.45, 2.75) is 18.4 Å². The molecule has 0 N–H and O–H groups in total. The molecule has 1 nitrogen and oxygen atoms in total. The van der Waals surface area contributed by atoms with Gasteiger partial charge in [0.25, 0.3) is 0 Å². The number of thiophene rings is 1. The first-order chi connectivity index (χ1) is 29.8. The van der Waals surface area contributed by atoms with E-state index >= 15 is 0 Å². The summed E-state index contributed by atoms with van der Waals surface area (Å²) < 4.78 is 9.82. The molecule has 13 rings (SSSR count). The van der Waals surface area contributed by atoms with Crippen LogP contribution < -0.4 is 4.74 Å². The van der Waals surface area contributed by atoms with Crippen LogP contribution in [0.3, 0.4) is 0 Å². The largest absolute Gasteiger partial charge is 0.484 e. The second-order valence-electron chi connectivity index (χ2n) is 16.5. The fourth-order valence-corrected chi connectivity index (χ4v) is 12.1. The number of fused-ring (bicyclic) bond motifs is 10. The molecule has 0 fully saturated rings. The third kappa shape index (κ3) is 4.92. The van der Waals surface area contributed by atoms with Gasteiger partial charge >= 0.3 is 0 Å². The van der Waals surface area contributed by atoms with Gasteiger partial charge in [0.05, 0.1) is 0 Å². The van der Waals surface area contributed by atoms with Crippen LogP contribution in [0.25, 0.3) is 75.1 Å². The van der Waals surface area contributed by atoms with Gasteiger partial charge in [-0.2, -0.15) is 0 Å². The molecule has 0 amide bonds.